The summed E-state index contributed by atoms with van der Waals surface area (Å²) >= 11 is 6.41. The molecular formula is C14H21ClN2O. The summed E-state index contributed by atoms with van der Waals surface area (Å²) in [5.74, 6) is 0. The summed E-state index contributed by atoms with van der Waals surface area (Å²) in [7, 11) is 0. The first-order chi connectivity index (χ1) is 8.54. The molecule has 100 valence electrons. The van der Waals surface area contributed by atoms with Crippen molar-refractivity contribution in [1.82, 2.24) is 5.32 Å². The monoisotopic (exact) mass is 268 g/mol. The lowest BCUT2D eigenvalue weighted by Crippen LogP contribution is -2.58. The topological polar surface area (TPSA) is 35.5 Å². The summed E-state index contributed by atoms with van der Waals surface area (Å²) in [6.45, 7) is 8.14. The largest absolute Gasteiger partial charge is 0.394 e. The molecule has 1 fully saturated rings. The fourth-order valence-corrected chi connectivity index (χ4v) is 3.22. The number of halogens is 1. The highest BCUT2D eigenvalue weighted by molar-refractivity contribution is 6.33. The van der Waals surface area contributed by atoms with Crippen molar-refractivity contribution >= 4 is 17.3 Å². The summed E-state index contributed by atoms with van der Waals surface area (Å²) < 4.78 is 0. The van der Waals surface area contributed by atoms with Gasteiger partial charge in [-0.05, 0) is 38.0 Å². The molecule has 1 aliphatic heterocycles. The summed E-state index contributed by atoms with van der Waals surface area (Å²) in [4.78, 5) is 2.26. The van der Waals surface area contributed by atoms with Crippen LogP contribution in [0.25, 0.3) is 0 Å². The maximum atomic E-state index is 9.55. The number of aryl methyl sites for hydroxylation is 2. The third-order valence-electron chi connectivity index (χ3n) is 3.56. The number of hydrogen-bond donors (Lipinski definition) is 2. The Morgan fingerprint density at radius 2 is 2.11 bits per heavy atom. The molecule has 0 aromatic heterocycles. The van der Waals surface area contributed by atoms with Gasteiger partial charge in [-0.2, -0.15) is 0 Å². The van der Waals surface area contributed by atoms with Crippen molar-refractivity contribution < 1.29 is 5.11 Å². The van der Waals surface area contributed by atoms with Gasteiger partial charge >= 0.3 is 0 Å². The summed E-state index contributed by atoms with van der Waals surface area (Å²) in [6, 6.07) is 4.56. The molecule has 0 saturated carbocycles. The van der Waals surface area contributed by atoms with E-state index in [0.717, 1.165) is 23.8 Å². The predicted octanol–water partition coefficient (Wildman–Crippen LogP) is 2.12. The molecule has 0 aliphatic carbocycles. The van der Waals surface area contributed by atoms with Crippen LogP contribution in [0.15, 0.2) is 12.1 Å². The average Bonchev–Trinajstić information content (AvgIpc) is 2.29. The Bertz CT molecular complexity index is 413. The van der Waals surface area contributed by atoms with E-state index in [-0.39, 0.29) is 12.6 Å². The Balaban J connectivity index is 2.45. The molecular weight excluding hydrogens is 248 g/mol. The first-order valence-corrected chi connectivity index (χ1v) is 6.79. The van der Waals surface area contributed by atoms with Crippen molar-refractivity contribution in [2.45, 2.75) is 32.9 Å². The van der Waals surface area contributed by atoms with Crippen LogP contribution < -0.4 is 10.2 Å². The second kappa shape index (κ2) is 5.47. The molecule has 0 bridgehead atoms. The van der Waals surface area contributed by atoms with E-state index in [2.05, 4.69) is 30.1 Å². The number of anilines is 1. The molecule has 1 saturated heterocycles. The molecule has 1 heterocycles. The van der Waals surface area contributed by atoms with Crippen LogP contribution in [-0.2, 0) is 0 Å². The van der Waals surface area contributed by atoms with Crippen molar-refractivity contribution in [3.05, 3.63) is 28.3 Å². The molecule has 18 heavy (non-hydrogen) atoms. The van der Waals surface area contributed by atoms with Crippen LogP contribution in [0.5, 0.6) is 0 Å². The number of piperazine rings is 1. The molecule has 1 aliphatic rings. The average molecular weight is 269 g/mol. The van der Waals surface area contributed by atoms with Gasteiger partial charge in [0.1, 0.15) is 0 Å². The molecule has 0 radical (unpaired) electrons. The molecule has 0 spiro atoms. The number of aliphatic hydroxyl groups excluding tert-OH is 1. The lowest BCUT2D eigenvalue weighted by molar-refractivity contribution is 0.235. The van der Waals surface area contributed by atoms with Crippen LogP contribution in [0.1, 0.15) is 18.1 Å². The van der Waals surface area contributed by atoms with Crippen molar-refractivity contribution in [3.63, 3.8) is 0 Å². The lowest BCUT2D eigenvalue weighted by Gasteiger charge is -2.43. The van der Waals surface area contributed by atoms with Gasteiger partial charge in [0, 0.05) is 19.1 Å². The zero-order chi connectivity index (χ0) is 13.3. The van der Waals surface area contributed by atoms with Crippen molar-refractivity contribution in [3.8, 4) is 0 Å². The molecule has 3 nitrogen and oxygen atoms in total. The first kappa shape index (κ1) is 13.7. The van der Waals surface area contributed by atoms with Gasteiger partial charge in [0.15, 0.2) is 0 Å². The molecule has 2 rings (SSSR count). The van der Waals surface area contributed by atoms with Crippen molar-refractivity contribution in [2.24, 2.45) is 0 Å². The number of hydrogen-bond acceptors (Lipinski definition) is 3. The minimum Gasteiger partial charge on any atom is -0.394 e. The van der Waals surface area contributed by atoms with E-state index in [0.29, 0.717) is 6.04 Å². The fourth-order valence-electron chi connectivity index (χ4n) is 2.81. The van der Waals surface area contributed by atoms with Gasteiger partial charge in [-0.15, -0.1) is 0 Å². The third-order valence-corrected chi connectivity index (χ3v) is 3.84. The quantitative estimate of drug-likeness (QED) is 0.863. The molecule has 4 heteroatoms. The minimum atomic E-state index is 0.0904. The highest BCUT2D eigenvalue weighted by Gasteiger charge is 2.29. The Morgan fingerprint density at radius 3 is 2.72 bits per heavy atom. The maximum absolute atomic E-state index is 9.55. The number of nitrogens with zero attached hydrogens (tertiary/aromatic N) is 1. The van der Waals surface area contributed by atoms with E-state index in [1.54, 1.807) is 0 Å². The van der Waals surface area contributed by atoms with Crippen LogP contribution in [0.3, 0.4) is 0 Å². The van der Waals surface area contributed by atoms with Gasteiger partial charge in [-0.3, -0.25) is 0 Å². The SMILES string of the molecule is Cc1cc(C)c(N2C(C)CNCC2CO)c(Cl)c1. The second-order valence-electron chi connectivity index (χ2n) is 5.16. The lowest BCUT2D eigenvalue weighted by atomic mass is 10.0. The van der Waals surface area contributed by atoms with E-state index in [1.165, 1.54) is 11.1 Å². The summed E-state index contributed by atoms with van der Waals surface area (Å²) in [5, 5.41) is 13.7. The van der Waals surface area contributed by atoms with Crippen LogP contribution in [0.2, 0.25) is 5.02 Å². The van der Waals surface area contributed by atoms with Crippen LogP contribution >= 0.6 is 11.6 Å². The molecule has 0 amide bonds. The molecule has 1 aromatic carbocycles. The fraction of sp³-hybridized carbons (Fsp3) is 0.571. The summed E-state index contributed by atoms with van der Waals surface area (Å²) in [5.41, 5.74) is 3.41. The normalized spacial score (nSPS) is 24.4. The van der Waals surface area contributed by atoms with E-state index in [1.807, 2.05) is 13.0 Å². The molecule has 2 atom stereocenters. The number of benzene rings is 1. The Labute approximate surface area is 114 Å². The van der Waals surface area contributed by atoms with E-state index in [9.17, 15) is 5.11 Å². The van der Waals surface area contributed by atoms with Crippen molar-refractivity contribution in [1.29, 1.82) is 0 Å². The minimum absolute atomic E-state index is 0.0904. The molecule has 2 N–H and O–H groups in total. The van der Waals surface area contributed by atoms with Gasteiger partial charge < -0.3 is 15.3 Å². The molecule has 2 unspecified atom stereocenters. The smallest absolute Gasteiger partial charge is 0.0649 e. The van der Waals surface area contributed by atoms with Crippen LogP contribution in [0.4, 0.5) is 5.69 Å². The van der Waals surface area contributed by atoms with E-state index < -0.39 is 0 Å². The zero-order valence-electron chi connectivity index (χ0n) is 11.2. The molecule has 1 aromatic rings. The predicted molar refractivity (Wildman–Crippen MR) is 76.6 cm³/mol. The van der Waals surface area contributed by atoms with Gasteiger partial charge in [-0.25, -0.2) is 0 Å². The van der Waals surface area contributed by atoms with E-state index >= 15 is 0 Å². The number of rotatable bonds is 2. The standard InChI is InChI=1S/C14H21ClN2O/c1-9-4-10(2)14(13(15)5-9)17-11(3)6-16-7-12(17)8-18/h4-5,11-12,16,18H,6-8H2,1-3H3. The highest BCUT2D eigenvalue weighted by atomic mass is 35.5. The zero-order valence-corrected chi connectivity index (χ0v) is 12.0. The highest BCUT2D eigenvalue weighted by Crippen LogP contribution is 2.34. The van der Waals surface area contributed by atoms with Crippen molar-refractivity contribution in [2.75, 3.05) is 24.6 Å². The van der Waals surface area contributed by atoms with Crippen LogP contribution in [0, 0.1) is 13.8 Å². The number of aliphatic hydroxyl groups is 1. The third kappa shape index (κ3) is 2.48. The number of nitrogens with one attached hydrogen (secondary N) is 1. The van der Waals surface area contributed by atoms with Gasteiger partial charge in [0.25, 0.3) is 0 Å². The first-order valence-electron chi connectivity index (χ1n) is 6.41. The summed E-state index contributed by atoms with van der Waals surface area (Å²) in [6.07, 6.45) is 0. The van der Waals surface area contributed by atoms with Crippen LogP contribution in [-0.4, -0.2) is 36.9 Å². The maximum Gasteiger partial charge on any atom is 0.0649 e. The Kier molecular flexibility index (Phi) is 4.15. The van der Waals surface area contributed by atoms with Gasteiger partial charge in [0.2, 0.25) is 0 Å². The second-order valence-corrected chi connectivity index (χ2v) is 5.57. The van der Waals surface area contributed by atoms with Gasteiger partial charge in [-0.1, -0.05) is 17.7 Å². The Morgan fingerprint density at radius 1 is 1.39 bits per heavy atom. The van der Waals surface area contributed by atoms with E-state index in [4.69, 9.17) is 11.6 Å². The van der Waals surface area contributed by atoms with Gasteiger partial charge in [0.05, 0.1) is 23.4 Å². The Hall–Kier alpha value is -0.770.